The number of imide groups is 1. The number of amides is 2. The van der Waals surface area contributed by atoms with Crippen LogP contribution in [0.5, 0.6) is 0 Å². The molecule has 2 aliphatic carbocycles. The molecule has 2 bridgehead atoms. The fourth-order valence-electron chi connectivity index (χ4n) is 7.57. The number of hydrogen-bond acceptors (Lipinski definition) is 6. The number of pyridine rings is 1. The van der Waals surface area contributed by atoms with Gasteiger partial charge in [0.25, 0.3) is 0 Å². The average Bonchev–Trinajstić information content (AvgIpc) is 3.70. The minimum Gasteiger partial charge on any atom is -0.450 e. The van der Waals surface area contributed by atoms with Crippen molar-refractivity contribution >= 4 is 56.1 Å². The summed E-state index contributed by atoms with van der Waals surface area (Å²) in [5.74, 6) is -1.35. The van der Waals surface area contributed by atoms with Crippen molar-refractivity contribution in [3.63, 3.8) is 0 Å². The highest BCUT2D eigenvalue weighted by Gasteiger charge is 2.60. The normalized spacial score (nSPS) is 22.3. The molecule has 1 saturated carbocycles. The van der Waals surface area contributed by atoms with E-state index in [1.54, 1.807) is 42.5 Å². The molecule has 8 heteroatoms. The van der Waals surface area contributed by atoms with Gasteiger partial charge in [0.15, 0.2) is 6.10 Å². The van der Waals surface area contributed by atoms with E-state index in [1.807, 2.05) is 44.2 Å². The first-order valence-electron chi connectivity index (χ1n) is 15.7. The van der Waals surface area contributed by atoms with Gasteiger partial charge in [0.1, 0.15) is 0 Å². The number of aromatic nitrogens is 1. The molecule has 3 aliphatic rings. The number of carbonyl (C=O) groups is 4. The molecule has 232 valence electrons. The van der Waals surface area contributed by atoms with E-state index in [1.165, 1.54) is 10.5 Å². The third kappa shape index (κ3) is 4.99. The van der Waals surface area contributed by atoms with Gasteiger partial charge in [0.2, 0.25) is 17.6 Å². The number of nitrogens with zero attached hydrogens (tertiary/aromatic N) is 2. The van der Waals surface area contributed by atoms with Crippen molar-refractivity contribution in [2.45, 2.75) is 46.1 Å². The lowest BCUT2D eigenvalue weighted by molar-refractivity contribution is -0.123. The zero-order valence-corrected chi connectivity index (χ0v) is 27.4. The van der Waals surface area contributed by atoms with Crippen LogP contribution in [0.15, 0.2) is 88.9 Å². The summed E-state index contributed by atoms with van der Waals surface area (Å²) in [4.78, 5) is 60.4. The average molecular weight is 678 g/mol. The van der Waals surface area contributed by atoms with Gasteiger partial charge in [0.05, 0.1) is 34.3 Å². The predicted molar refractivity (Wildman–Crippen MR) is 179 cm³/mol. The molecule has 5 atom stereocenters. The number of fused-ring (bicyclic) bond motifs is 6. The maximum Gasteiger partial charge on any atom is 0.339 e. The number of rotatable bonds is 8. The first kappa shape index (κ1) is 30.2. The van der Waals surface area contributed by atoms with Crippen LogP contribution in [0.25, 0.3) is 22.2 Å². The number of Topliss-reactive ketones (excluding diaryl/α,β-unsaturated/α-hetero) is 1. The highest BCUT2D eigenvalue weighted by atomic mass is 79.9. The van der Waals surface area contributed by atoms with Crippen molar-refractivity contribution in [3.8, 4) is 11.3 Å². The monoisotopic (exact) mass is 676 g/mol. The largest absolute Gasteiger partial charge is 0.450 e. The Morgan fingerprint density at radius 2 is 1.70 bits per heavy atom. The molecule has 5 unspecified atom stereocenters. The number of aryl methyl sites for hydroxylation is 1. The van der Waals surface area contributed by atoms with E-state index in [0.717, 1.165) is 16.5 Å². The second-order valence-corrected chi connectivity index (χ2v) is 13.5. The molecule has 2 amide bonds. The fourth-order valence-corrected chi connectivity index (χ4v) is 8.14. The number of esters is 1. The number of anilines is 1. The van der Waals surface area contributed by atoms with Gasteiger partial charge in [-0.3, -0.25) is 19.3 Å². The Hall–Kier alpha value is -4.43. The van der Waals surface area contributed by atoms with Crippen LogP contribution >= 0.6 is 15.9 Å². The number of ketones is 1. The van der Waals surface area contributed by atoms with E-state index in [0.29, 0.717) is 51.8 Å². The van der Waals surface area contributed by atoms with Gasteiger partial charge >= 0.3 is 5.97 Å². The Morgan fingerprint density at radius 1 is 0.978 bits per heavy atom. The van der Waals surface area contributed by atoms with Crippen molar-refractivity contribution < 1.29 is 23.9 Å². The third-order valence-electron chi connectivity index (χ3n) is 9.74. The molecule has 4 aromatic rings. The molecule has 7 rings (SSSR count). The van der Waals surface area contributed by atoms with E-state index in [4.69, 9.17) is 9.72 Å². The third-order valence-corrected chi connectivity index (χ3v) is 10.2. The minimum absolute atomic E-state index is 0.121. The number of benzene rings is 3. The molecule has 0 N–H and O–H groups in total. The van der Waals surface area contributed by atoms with Gasteiger partial charge in [-0.15, -0.1) is 0 Å². The summed E-state index contributed by atoms with van der Waals surface area (Å²) in [5.41, 5.74) is 5.28. The Bertz CT molecular complexity index is 1950. The van der Waals surface area contributed by atoms with Crippen molar-refractivity contribution in [1.82, 2.24) is 4.98 Å². The van der Waals surface area contributed by atoms with E-state index < -0.39 is 12.1 Å². The van der Waals surface area contributed by atoms with Crippen LogP contribution in [0.4, 0.5) is 5.69 Å². The van der Waals surface area contributed by atoms with Gasteiger partial charge < -0.3 is 4.74 Å². The van der Waals surface area contributed by atoms with Gasteiger partial charge in [-0.1, -0.05) is 83.4 Å². The highest BCUT2D eigenvalue weighted by Crippen LogP contribution is 2.56. The minimum atomic E-state index is -0.927. The van der Waals surface area contributed by atoms with Crippen LogP contribution in [0.2, 0.25) is 0 Å². The van der Waals surface area contributed by atoms with E-state index in [9.17, 15) is 19.2 Å². The lowest BCUT2D eigenvalue weighted by Gasteiger charge is -2.19. The SMILES string of the molecule is CCCC(OC(=O)c1cc(-c2ccc(N3C(=O)C4C5C=C(C)C(C5)C4C3=O)cc2)nc2c(C)cc(Br)cc12)C(=O)c1ccccc1. The highest BCUT2D eigenvalue weighted by molar-refractivity contribution is 9.10. The molecular formula is C38H33BrN2O5. The summed E-state index contributed by atoms with van der Waals surface area (Å²) in [6, 6.07) is 21.5. The standard InChI is InChI=1S/C38H33BrN2O5/c1-4-8-31(35(42)23-9-6-5-7-10-23)46-38(45)29-19-30(40-34-21(3)16-25(39)18-28(29)34)22-11-13-26(14-12-22)41-36(43)32-24-15-20(2)27(17-24)33(32)37(41)44/h5-7,9-16,18-19,24,27,31-33H,4,8,17H2,1-3H3. The Labute approximate surface area is 275 Å². The van der Waals surface area contributed by atoms with Gasteiger partial charge in [-0.25, -0.2) is 9.78 Å². The molecule has 2 heterocycles. The van der Waals surface area contributed by atoms with Crippen LogP contribution in [0, 0.1) is 30.6 Å². The molecule has 1 saturated heterocycles. The molecular weight excluding hydrogens is 644 g/mol. The van der Waals surface area contributed by atoms with Crippen LogP contribution in [-0.2, 0) is 14.3 Å². The lowest BCUT2D eigenvalue weighted by atomic mass is 9.82. The van der Waals surface area contributed by atoms with Gasteiger partial charge in [0, 0.05) is 21.0 Å². The van der Waals surface area contributed by atoms with Crippen molar-refractivity contribution in [2.75, 3.05) is 4.90 Å². The fraction of sp³-hybridized carbons (Fsp3) is 0.289. The Morgan fingerprint density at radius 3 is 2.41 bits per heavy atom. The predicted octanol–water partition coefficient (Wildman–Crippen LogP) is 7.88. The van der Waals surface area contributed by atoms with Gasteiger partial charge in [-0.2, -0.15) is 0 Å². The Kier molecular flexibility index (Phi) is 7.71. The van der Waals surface area contributed by atoms with E-state index >= 15 is 0 Å². The van der Waals surface area contributed by atoms with Crippen molar-refractivity contribution in [3.05, 3.63) is 106 Å². The zero-order chi connectivity index (χ0) is 32.3. The lowest BCUT2D eigenvalue weighted by Crippen LogP contribution is -2.32. The summed E-state index contributed by atoms with van der Waals surface area (Å²) in [5, 5.41) is 0.609. The van der Waals surface area contributed by atoms with Crippen molar-refractivity contribution in [1.29, 1.82) is 0 Å². The first-order valence-corrected chi connectivity index (χ1v) is 16.5. The van der Waals surface area contributed by atoms with E-state index in [-0.39, 0.29) is 41.3 Å². The molecule has 1 aromatic heterocycles. The number of carbonyl (C=O) groups excluding carboxylic acids is 4. The number of allylic oxidation sites excluding steroid dienone is 2. The number of hydrogen-bond donors (Lipinski definition) is 0. The molecule has 2 fully saturated rings. The summed E-state index contributed by atoms with van der Waals surface area (Å²) < 4.78 is 6.72. The van der Waals surface area contributed by atoms with Crippen LogP contribution in [0.1, 0.15) is 59.4 Å². The molecule has 1 aliphatic heterocycles. The molecule has 7 nitrogen and oxygen atoms in total. The smallest absolute Gasteiger partial charge is 0.339 e. The number of ether oxygens (including phenoxy) is 1. The summed E-state index contributed by atoms with van der Waals surface area (Å²) in [6.45, 7) is 5.93. The molecule has 0 spiro atoms. The Balaban J connectivity index is 1.22. The van der Waals surface area contributed by atoms with Gasteiger partial charge in [-0.05, 0) is 74.4 Å². The van der Waals surface area contributed by atoms with Crippen LogP contribution in [0.3, 0.4) is 0 Å². The first-order chi connectivity index (χ1) is 22.2. The van der Waals surface area contributed by atoms with E-state index in [2.05, 4.69) is 28.9 Å². The molecule has 0 radical (unpaired) electrons. The molecule has 46 heavy (non-hydrogen) atoms. The zero-order valence-electron chi connectivity index (χ0n) is 25.8. The maximum absolute atomic E-state index is 13.9. The topological polar surface area (TPSA) is 93.6 Å². The quantitative estimate of drug-likeness (QED) is 0.0816. The van der Waals surface area contributed by atoms with Crippen molar-refractivity contribution in [2.24, 2.45) is 23.7 Å². The van der Waals surface area contributed by atoms with Crippen LogP contribution < -0.4 is 4.90 Å². The number of halogens is 1. The summed E-state index contributed by atoms with van der Waals surface area (Å²) in [7, 11) is 0. The summed E-state index contributed by atoms with van der Waals surface area (Å²) >= 11 is 3.54. The second kappa shape index (κ2) is 11.7. The second-order valence-electron chi connectivity index (χ2n) is 12.6. The summed E-state index contributed by atoms with van der Waals surface area (Å²) in [6.07, 6.45) is 3.19. The molecule has 3 aromatic carbocycles. The maximum atomic E-state index is 13.9. The van der Waals surface area contributed by atoms with Crippen LogP contribution in [-0.4, -0.2) is 34.7 Å².